The zero-order chi connectivity index (χ0) is 13.3. The van der Waals surface area contributed by atoms with E-state index in [4.69, 9.17) is 2.74 Å². The zero-order valence-electron chi connectivity index (χ0n) is 10.1. The smallest absolute Gasteiger partial charge is 0.333 e. The summed E-state index contributed by atoms with van der Waals surface area (Å²) in [7, 11) is 0. The third-order valence-electron chi connectivity index (χ3n) is 2.13. The van der Waals surface area contributed by atoms with Crippen LogP contribution in [0, 0.1) is 0 Å². The summed E-state index contributed by atoms with van der Waals surface area (Å²) in [6, 6.07) is 5.98. The van der Waals surface area contributed by atoms with E-state index >= 15 is 0 Å². The summed E-state index contributed by atoms with van der Waals surface area (Å²) in [6.07, 6.45) is 2.43. The van der Waals surface area contributed by atoms with Gasteiger partial charge in [0.25, 0.3) is 0 Å². The van der Waals surface area contributed by atoms with Crippen molar-refractivity contribution in [2.75, 3.05) is 0 Å². The quantitative estimate of drug-likeness (QED) is 0.872. The number of alkyl halides is 2. The maximum Gasteiger partial charge on any atom is 0.333 e. The van der Waals surface area contributed by atoms with Gasteiger partial charge < -0.3 is 5.11 Å². The largest absolute Gasteiger partial charge is 0.392 e. The third-order valence-corrected chi connectivity index (χ3v) is 2.13. The van der Waals surface area contributed by atoms with Gasteiger partial charge in [-0.15, -0.1) is 0 Å². The van der Waals surface area contributed by atoms with Gasteiger partial charge in [0, 0.05) is 11.8 Å². The molecule has 1 heterocycles. The summed E-state index contributed by atoms with van der Waals surface area (Å²) < 4.78 is 39.6. The lowest BCUT2D eigenvalue weighted by molar-refractivity contribution is 0.0566. The fourth-order valence-electron chi connectivity index (χ4n) is 1.36. The topological polar surface area (TPSA) is 38.1 Å². The molecular formula is C11H10F2N2O. The van der Waals surface area contributed by atoms with Crippen LogP contribution in [0.4, 0.5) is 8.78 Å². The molecule has 0 aliphatic rings. The monoisotopic (exact) mass is 226 g/mol. The summed E-state index contributed by atoms with van der Waals surface area (Å²) >= 11 is 0. The first kappa shape index (κ1) is 8.41. The average molecular weight is 226 g/mol. The minimum Gasteiger partial charge on any atom is -0.392 e. The fourth-order valence-corrected chi connectivity index (χ4v) is 1.36. The van der Waals surface area contributed by atoms with Gasteiger partial charge in [-0.3, -0.25) is 0 Å². The molecule has 1 aromatic heterocycles. The Kier molecular flexibility index (Phi) is 2.31. The molecule has 16 heavy (non-hydrogen) atoms. The summed E-state index contributed by atoms with van der Waals surface area (Å²) in [4.78, 5) is 0. The van der Waals surface area contributed by atoms with Gasteiger partial charge in [0.05, 0.1) is 15.5 Å². The van der Waals surface area contributed by atoms with Crippen LogP contribution in [0.3, 0.4) is 0 Å². The van der Waals surface area contributed by atoms with Crippen LogP contribution in [0.1, 0.15) is 14.9 Å². The van der Waals surface area contributed by atoms with E-state index in [-0.39, 0.29) is 5.56 Å². The number of aromatic nitrogens is 2. The highest BCUT2D eigenvalue weighted by Crippen LogP contribution is 2.21. The Morgan fingerprint density at radius 1 is 1.44 bits per heavy atom. The second-order valence-electron chi connectivity index (χ2n) is 3.18. The molecule has 0 bridgehead atoms. The Morgan fingerprint density at radius 2 is 2.25 bits per heavy atom. The van der Waals surface area contributed by atoms with Crippen molar-refractivity contribution in [3.8, 4) is 11.1 Å². The van der Waals surface area contributed by atoms with Gasteiger partial charge in [0.15, 0.2) is 0 Å². The molecule has 84 valence electrons. The van der Waals surface area contributed by atoms with Crippen LogP contribution in [-0.4, -0.2) is 14.9 Å². The van der Waals surface area contributed by atoms with E-state index < -0.39 is 13.1 Å². The number of aliphatic hydroxyl groups is 1. The van der Waals surface area contributed by atoms with Crippen molar-refractivity contribution in [2.24, 2.45) is 0 Å². The molecule has 0 radical (unpaired) electrons. The van der Waals surface area contributed by atoms with Gasteiger partial charge in [-0.2, -0.15) is 13.9 Å². The van der Waals surface area contributed by atoms with Crippen molar-refractivity contribution in [1.82, 2.24) is 9.78 Å². The van der Waals surface area contributed by atoms with E-state index in [1.807, 2.05) is 0 Å². The molecule has 0 saturated carbocycles. The lowest BCUT2D eigenvalue weighted by Gasteiger charge is -2.00. The van der Waals surface area contributed by atoms with Gasteiger partial charge in [-0.1, -0.05) is 18.2 Å². The molecule has 5 heteroatoms. The van der Waals surface area contributed by atoms with E-state index in [1.165, 1.54) is 18.3 Å². The highest BCUT2D eigenvalue weighted by Gasteiger charge is 2.08. The molecule has 1 aromatic carbocycles. The molecule has 0 amide bonds. The SMILES string of the molecule is [2H]C([2H])(O)c1cccc(-c2cnn(C(F)F)c2)c1. The minimum atomic E-state index is -2.72. The Bertz CT molecular complexity index is 552. The van der Waals surface area contributed by atoms with Crippen molar-refractivity contribution >= 4 is 0 Å². The second kappa shape index (κ2) is 4.40. The molecule has 2 aromatic rings. The fraction of sp³-hybridized carbons (Fsp3) is 0.182. The van der Waals surface area contributed by atoms with Crippen LogP contribution in [0.5, 0.6) is 0 Å². The Labute approximate surface area is 93.8 Å². The van der Waals surface area contributed by atoms with E-state index in [0.717, 1.165) is 6.20 Å². The average Bonchev–Trinajstić information content (AvgIpc) is 2.77. The van der Waals surface area contributed by atoms with Gasteiger partial charge in [-0.05, 0) is 17.2 Å². The van der Waals surface area contributed by atoms with E-state index in [1.54, 1.807) is 12.1 Å². The van der Waals surface area contributed by atoms with Crippen LogP contribution < -0.4 is 0 Å². The maximum absolute atomic E-state index is 12.4. The first-order valence-electron chi connectivity index (χ1n) is 5.53. The van der Waals surface area contributed by atoms with Gasteiger partial charge in [-0.25, -0.2) is 4.68 Å². The van der Waals surface area contributed by atoms with Crippen molar-refractivity contribution in [1.29, 1.82) is 0 Å². The number of nitrogens with zero attached hydrogens (tertiary/aromatic N) is 2. The van der Waals surface area contributed by atoms with Crippen LogP contribution in [0.2, 0.25) is 0 Å². The number of rotatable bonds is 3. The molecule has 0 spiro atoms. The number of benzene rings is 1. The molecule has 0 saturated heterocycles. The minimum absolute atomic E-state index is 0.0600. The predicted octanol–water partition coefficient (Wildman–Crippen LogP) is 2.44. The highest BCUT2D eigenvalue weighted by atomic mass is 19.3. The first-order valence-corrected chi connectivity index (χ1v) is 4.53. The standard InChI is InChI=1S/C11H10F2N2O/c12-11(13)15-6-10(5-14-15)9-3-1-2-8(4-9)7-16/h1-6,11,16H,7H2/i7D2. The molecule has 1 N–H and O–H groups in total. The lowest BCUT2D eigenvalue weighted by atomic mass is 10.1. The molecular weight excluding hydrogens is 214 g/mol. The Morgan fingerprint density at radius 3 is 2.88 bits per heavy atom. The van der Waals surface area contributed by atoms with E-state index in [0.29, 0.717) is 15.8 Å². The molecule has 2 rings (SSSR count). The van der Waals surface area contributed by atoms with Gasteiger partial charge >= 0.3 is 6.55 Å². The van der Waals surface area contributed by atoms with Crippen molar-refractivity contribution in [3.05, 3.63) is 42.2 Å². The van der Waals surface area contributed by atoms with Crippen molar-refractivity contribution in [2.45, 2.75) is 13.1 Å². The zero-order valence-corrected chi connectivity index (χ0v) is 8.14. The van der Waals surface area contributed by atoms with Crippen LogP contribution in [0.15, 0.2) is 36.7 Å². The predicted molar refractivity (Wildman–Crippen MR) is 54.8 cm³/mol. The first-order chi connectivity index (χ1) is 8.38. The van der Waals surface area contributed by atoms with Crippen molar-refractivity contribution in [3.63, 3.8) is 0 Å². The third kappa shape index (κ3) is 2.09. The molecule has 0 aliphatic carbocycles. The molecule has 0 atom stereocenters. The summed E-state index contributed by atoms with van der Waals surface area (Å²) in [6.45, 7) is -5.18. The van der Waals surface area contributed by atoms with E-state index in [2.05, 4.69) is 5.10 Å². The lowest BCUT2D eigenvalue weighted by Crippen LogP contribution is -1.96. The van der Waals surface area contributed by atoms with Crippen LogP contribution >= 0.6 is 0 Å². The normalized spacial score (nSPS) is 13.8. The van der Waals surface area contributed by atoms with Crippen LogP contribution in [-0.2, 0) is 6.56 Å². The number of halogens is 2. The molecule has 3 nitrogen and oxygen atoms in total. The molecule has 0 aliphatic heterocycles. The molecule has 0 fully saturated rings. The second-order valence-corrected chi connectivity index (χ2v) is 3.18. The van der Waals surface area contributed by atoms with Crippen LogP contribution in [0.25, 0.3) is 11.1 Å². The summed E-state index contributed by atoms with van der Waals surface area (Å²) in [5, 5.41) is 12.7. The van der Waals surface area contributed by atoms with Gasteiger partial charge in [0.2, 0.25) is 0 Å². The van der Waals surface area contributed by atoms with E-state index in [9.17, 15) is 13.9 Å². The number of hydrogen-bond donors (Lipinski definition) is 1. The van der Waals surface area contributed by atoms with Gasteiger partial charge in [0.1, 0.15) is 0 Å². The summed E-state index contributed by atoms with van der Waals surface area (Å²) in [5.74, 6) is 0. The van der Waals surface area contributed by atoms with Crippen molar-refractivity contribution < 1.29 is 16.6 Å². The Hall–Kier alpha value is -1.75. The molecule has 0 unspecified atom stereocenters. The Balaban J connectivity index is 2.38. The maximum atomic E-state index is 12.4. The number of hydrogen-bond acceptors (Lipinski definition) is 2. The highest BCUT2D eigenvalue weighted by molar-refractivity contribution is 5.62. The summed E-state index contributed by atoms with van der Waals surface area (Å²) in [5.41, 5.74) is 1.00.